The van der Waals surface area contributed by atoms with Crippen LogP contribution in [0.5, 0.6) is 0 Å². The molecular weight excluding hydrogens is 420 g/mol. The van der Waals surface area contributed by atoms with E-state index in [1.807, 2.05) is 6.07 Å². The number of rotatable bonds is 8. The van der Waals surface area contributed by atoms with Crippen molar-refractivity contribution in [2.75, 3.05) is 23.8 Å². The number of ether oxygens (including phenoxy) is 2. The van der Waals surface area contributed by atoms with Gasteiger partial charge >= 0.3 is 11.9 Å². The maximum Gasteiger partial charge on any atom is 0.348 e. The van der Waals surface area contributed by atoms with E-state index >= 15 is 0 Å². The van der Waals surface area contributed by atoms with Crippen molar-refractivity contribution in [3.05, 3.63) is 45.3 Å². The van der Waals surface area contributed by atoms with Crippen LogP contribution >= 0.6 is 23.6 Å². The predicted molar refractivity (Wildman–Crippen MR) is 126 cm³/mol. The first-order chi connectivity index (χ1) is 14.4. The minimum Gasteiger partial charge on any atom is -0.462 e. The molecule has 0 spiro atoms. The molecule has 6 nitrogen and oxygen atoms in total. The summed E-state index contributed by atoms with van der Waals surface area (Å²) >= 11 is 6.66. The molecule has 0 aliphatic rings. The number of para-hydroxylation sites is 1. The largest absolute Gasteiger partial charge is 0.462 e. The number of carbonyl (C=O) groups is 2. The van der Waals surface area contributed by atoms with Crippen LogP contribution in [0.1, 0.15) is 64.4 Å². The Balaban J connectivity index is 2.37. The summed E-state index contributed by atoms with van der Waals surface area (Å²) in [6.07, 6.45) is 1.72. The molecule has 0 fully saturated rings. The van der Waals surface area contributed by atoms with E-state index in [-0.39, 0.29) is 13.2 Å². The van der Waals surface area contributed by atoms with Gasteiger partial charge in [0.1, 0.15) is 9.88 Å². The fraction of sp³-hybridized carbons (Fsp3) is 0.409. The monoisotopic (exact) mass is 448 g/mol. The number of thiophene rings is 1. The molecule has 2 N–H and O–H groups in total. The number of hydrogen-bond acceptors (Lipinski definition) is 6. The van der Waals surface area contributed by atoms with Crippen LogP contribution in [0.4, 0.5) is 10.7 Å². The summed E-state index contributed by atoms with van der Waals surface area (Å²) in [4.78, 5) is 25.2. The van der Waals surface area contributed by atoms with Crippen LogP contribution in [0.15, 0.2) is 18.2 Å². The Labute approximate surface area is 187 Å². The highest BCUT2D eigenvalue weighted by Crippen LogP contribution is 2.34. The lowest BCUT2D eigenvalue weighted by atomic mass is 10.0. The number of nitrogens with one attached hydrogen (secondary N) is 2. The number of thiocarbonyl (C=S) groups is 1. The number of aryl methyl sites for hydroxylation is 2. The Hall–Kier alpha value is -2.45. The lowest BCUT2D eigenvalue weighted by molar-refractivity contribution is 0.0527. The number of esters is 2. The Morgan fingerprint density at radius 3 is 2.07 bits per heavy atom. The van der Waals surface area contributed by atoms with Crippen LogP contribution < -0.4 is 10.6 Å². The van der Waals surface area contributed by atoms with Gasteiger partial charge in [-0.05, 0) is 62.5 Å². The summed E-state index contributed by atoms with van der Waals surface area (Å²) in [5.74, 6) is -0.975. The van der Waals surface area contributed by atoms with Gasteiger partial charge in [-0.2, -0.15) is 0 Å². The van der Waals surface area contributed by atoms with E-state index in [0.29, 0.717) is 26.1 Å². The molecule has 0 aliphatic heterocycles. The van der Waals surface area contributed by atoms with Crippen LogP contribution in [-0.2, 0) is 22.3 Å². The molecule has 1 aromatic carbocycles. The van der Waals surface area contributed by atoms with Crippen molar-refractivity contribution in [2.24, 2.45) is 0 Å². The van der Waals surface area contributed by atoms with E-state index in [4.69, 9.17) is 21.7 Å². The van der Waals surface area contributed by atoms with Crippen molar-refractivity contribution in [3.63, 3.8) is 0 Å². The quantitative estimate of drug-likeness (QED) is 0.417. The van der Waals surface area contributed by atoms with E-state index in [2.05, 4.69) is 36.6 Å². The highest BCUT2D eigenvalue weighted by atomic mass is 32.1. The fourth-order valence-corrected chi connectivity index (χ4v) is 4.45. The highest BCUT2D eigenvalue weighted by Gasteiger charge is 2.27. The van der Waals surface area contributed by atoms with Gasteiger partial charge in [0.25, 0.3) is 0 Å². The SMILES string of the molecule is CCOC(=O)c1sc(NC(=S)Nc2c(CC)cccc2CC)c(C(=O)OCC)c1C. The summed E-state index contributed by atoms with van der Waals surface area (Å²) in [5, 5.41) is 7.16. The molecule has 0 aliphatic carbocycles. The van der Waals surface area contributed by atoms with Gasteiger partial charge in [-0.3, -0.25) is 0 Å². The highest BCUT2D eigenvalue weighted by molar-refractivity contribution is 7.80. The van der Waals surface area contributed by atoms with Gasteiger partial charge in [0.05, 0.1) is 18.8 Å². The molecule has 2 rings (SSSR count). The maximum absolute atomic E-state index is 12.5. The standard InChI is InChI=1S/C22H28N2O4S2/c1-6-14-11-10-12-15(7-2)17(14)23-22(29)24-19-16(20(25)27-8-3)13(5)18(30-19)21(26)28-9-4/h10-12H,6-9H2,1-5H3,(H2,23,24,29). The van der Waals surface area contributed by atoms with E-state index < -0.39 is 11.9 Å². The first kappa shape index (κ1) is 23.8. The molecule has 0 saturated carbocycles. The van der Waals surface area contributed by atoms with Gasteiger partial charge in [-0.25, -0.2) is 9.59 Å². The second kappa shape index (κ2) is 11.1. The smallest absolute Gasteiger partial charge is 0.348 e. The topological polar surface area (TPSA) is 76.7 Å². The van der Waals surface area contributed by atoms with Gasteiger partial charge in [0.2, 0.25) is 0 Å². The van der Waals surface area contributed by atoms with E-state index in [9.17, 15) is 9.59 Å². The molecular formula is C22H28N2O4S2. The summed E-state index contributed by atoms with van der Waals surface area (Å²) in [6, 6.07) is 6.15. The van der Waals surface area contributed by atoms with Crippen molar-refractivity contribution in [2.45, 2.75) is 47.5 Å². The summed E-state index contributed by atoms with van der Waals surface area (Å²) in [7, 11) is 0. The summed E-state index contributed by atoms with van der Waals surface area (Å²) < 4.78 is 10.3. The molecule has 0 radical (unpaired) electrons. The van der Waals surface area contributed by atoms with Crippen LogP contribution in [-0.4, -0.2) is 30.3 Å². The average Bonchev–Trinajstić information content (AvgIpc) is 3.04. The minimum atomic E-state index is -0.504. The average molecular weight is 449 g/mol. The molecule has 8 heteroatoms. The molecule has 0 amide bonds. The molecule has 162 valence electrons. The van der Waals surface area contributed by atoms with Crippen molar-refractivity contribution in [3.8, 4) is 0 Å². The van der Waals surface area contributed by atoms with Crippen LogP contribution in [0.2, 0.25) is 0 Å². The van der Waals surface area contributed by atoms with Crippen molar-refractivity contribution in [1.29, 1.82) is 0 Å². The zero-order chi connectivity index (χ0) is 22.3. The van der Waals surface area contributed by atoms with Crippen molar-refractivity contribution >= 4 is 51.3 Å². The normalized spacial score (nSPS) is 10.4. The number of anilines is 2. The summed E-state index contributed by atoms with van der Waals surface area (Å²) in [6.45, 7) is 9.84. The molecule has 0 bridgehead atoms. The molecule has 30 heavy (non-hydrogen) atoms. The molecule has 0 atom stereocenters. The molecule has 1 aromatic heterocycles. The number of hydrogen-bond donors (Lipinski definition) is 2. The third kappa shape index (κ3) is 5.37. The Morgan fingerprint density at radius 1 is 0.967 bits per heavy atom. The van der Waals surface area contributed by atoms with Gasteiger partial charge in [-0.1, -0.05) is 32.0 Å². The lowest BCUT2D eigenvalue weighted by Gasteiger charge is -2.17. The van der Waals surface area contributed by atoms with E-state index in [1.54, 1.807) is 20.8 Å². The maximum atomic E-state index is 12.5. The Morgan fingerprint density at radius 2 is 1.53 bits per heavy atom. The summed E-state index contributed by atoms with van der Waals surface area (Å²) in [5.41, 5.74) is 4.09. The molecule has 0 unspecified atom stereocenters. The van der Waals surface area contributed by atoms with Gasteiger partial charge < -0.3 is 20.1 Å². The van der Waals surface area contributed by atoms with Gasteiger partial charge in [-0.15, -0.1) is 11.3 Å². The fourth-order valence-electron chi connectivity index (χ4n) is 3.09. The Bertz CT molecular complexity index is 915. The minimum absolute atomic E-state index is 0.231. The predicted octanol–water partition coefficient (Wildman–Crippen LogP) is 5.34. The van der Waals surface area contributed by atoms with Crippen LogP contribution in [0.3, 0.4) is 0 Å². The Kier molecular flexibility index (Phi) is 8.80. The third-order valence-corrected chi connectivity index (χ3v) is 5.94. The lowest BCUT2D eigenvalue weighted by Crippen LogP contribution is -2.22. The van der Waals surface area contributed by atoms with Gasteiger partial charge in [0, 0.05) is 5.69 Å². The van der Waals surface area contributed by atoms with E-state index in [1.165, 1.54) is 0 Å². The zero-order valence-electron chi connectivity index (χ0n) is 18.0. The number of benzene rings is 1. The first-order valence-corrected chi connectivity index (χ1v) is 11.3. The van der Waals surface area contributed by atoms with Gasteiger partial charge in [0.15, 0.2) is 5.11 Å². The zero-order valence-corrected chi connectivity index (χ0v) is 19.6. The molecule has 0 saturated heterocycles. The van der Waals surface area contributed by atoms with Crippen LogP contribution in [0.25, 0.3) is 0 Å². The number of carbonyl (C=O) groups excluding carboxylic acids is 2. The third-order valence-electron chi connectivity index (χ3n) is 4.55. The van der Waals surface area contributed by atoms with Crippen LogP contribution in [0, 0.1) is 6.92 Å². The van der Waals surface area contributed by atoms with Crippen molar-refractivity contribution < 1.29 is 19.1 Å². The molecule has 1 heterocycles. The second-order valence-corrected chi connectivity index (χ2v) is 7.87. The molecule has 2 aromatic rings. The van der Waals surface area contributed by atoms with Crippen molar-refractivity contribution in [1.82, 2.24) is 0 Å². The van der Waals surface area contributed by atoms with E-state index in [0.717, 1.165) is 41.0 Å². The second-order valence-electron chi connectivity index (χ2n) is 6.44. The first-order valence-electron chi connectivity index (χ1n) is 10.0.